The van der Waals surface area contributed by atoms with Crippen LogP contribution in [-0.2, 0) is 21.9 Å². The number of carbonyl (C=O) groups excluding carboxylic acids is 2. The zero-order chi connectivity index (χ0) is 22.8. The summed E-state index contributed by atoms with van der Waals surface area (Å²) in [5.74, 6) is -0.269. The van der Waals surface area contributed by atoms with Gasteiger partial charge in [-0.25, -0.2) is 4.39 Å². The summed E-state index contributed by atoms with van der Waals surface area (Å²) in [6, 6.07) is 11.0. The normalized spacial score (nSPS) is 11.8. The Morgan fingerprint density at radius 2 is 1.77 bits per heavy atom. The van der Waals surface area contributed by atoms with Crippen LogP contribution in [0.2, 0.25) is 10.0 Å². The molecule has 0 fully saturated rings. The van der Waals surface area contributed by atoms with Gasteiger partial charge in [0.15, 0.2) is 0 Å². The second-order valence-electron chi connectivity index (χ2n) is 7.02. The molecule has 0 aliphatic carbocycles. The molecule has 2 aromatic rings. The molecular weight excluding hydrogens is 458 g/mol. The largest absolute Gasteiger partial charge is 0.354 e. The van der Waals surface area contributed by atoms with Crippen molar-refractivity contribution in [3.63, 3.8) is 0 Å². The first kappa shape index (κ1) is 25.5. The van der Waals surface area contributed by atoms with Crippen LogP contribution >= 0.6 is 35.0 Å². The third-order valence-corrected chi connectivity index (χ3v) is 6.44. The minimum absolute atomic E-state index is 0.105. The number of hydrogen-bond donors (Lipinski definition) is 1. The predicted molar refractivity (Wildman–Crippen MR) is 127 cm³/mol. The van der Waals surface area contributed by atoms with E-state index in [-0.39, 0.29) is 29.9 Å². The van der Waals surface area contributed by atoms with Crippen LogP contribution in [0, 0.1) is 5.82 Å². The number of amides is 2. The third kappa shape index (κ3) is 7.41. The van der Waals surface area contributed by atoms with Gasteiger partial charge in [-0.15, -0.1) is 11.8 Å². The Bertz CT molecular complexity index is 877. The van der Waals surface area contributed by atoms with Gasteiger partial charge in [-0.3, -0.25) is 9.59 Å². The highest BCUT2D eigenvalue weighted by Crippen LogP contribution is 2.27. The average Bonchev–Trinajstić information content (AvgIpc) is 2.75. The molecule has 8 heteroatoms. The van der Waals surface area contributed by atoms with E-state index in [9.17, 15) is 14.0 Å². The molecule has 2 amide bonds. The monoisotopic (exact) mass is 484 g/mol. The fraction of sp³-hybridized carbons (Fsp3) is 0.391. The number of nitrogens with zero attached hydrogens (tertiary/aromatic N) is 1. The first-order valence-electron chi connectivity index (χ1n) is 10.2. The predicted octanol–water partition coefficient (Wildman–Crippen LogP) is 5.70. The highest BCUT2D eigenvalue weighted by molar-refractivity contribution is 7.99. The van der Waals surface area contributed by atoms with Gasteiger partial charge in [0.2, 0.25) is 11.8 Å². The fourth-order valence-electron chi connectivity index (χ4n) is 3.09. The summed E-state index contributed by atoms with van der Waals surface area (Å²) < 4.78 is 13.9. The summed E-state index contributed by atoms with van der Waals surface area (Å²) in [7, 11) is 0. The number of benzene rings is 2. The molecule has 0 saturated carbocycles. The summed E-state index contributed by atoms with van der Waals surface area (Å²) in [6.45, 7) is 4.48. The van der Waals surface area contributed by atoms with Crippen molar-refractivity contribution in [3.8, 4) is 0 Å². The minimum Gasteiger partial charge on any atom is -0.354 e. The van der Waals surface area contributed by atoms with E-state index in [4.69, 9.17) is 23.2 Å². The highest BCUT2D eigenvalue weighted by Gasteiger charge is 2.29. The quantitative estimate of drug-likeness (QED) is 0.444. The van der Waals surface area contributed by atoms with Crippen LogP contribution in [0.4, 0.5) is 4.39 Å². The number of hydrogen-bond acceptors (Lipinski definition) is 3. The lowest BCUT2D eigenvalue weighted by molar-refractivity contribution is -0.139. The molecule has 0 saturated heterocycles. The number of nitrogens with one attached hydrogen (secondary N) is 1. The average molecular weight is 485 g/mol. The number of thioether (sulfide) groups is 1. The van der Waals surface area contributed by atoms with E-state index in [1.807, 2.05) is 13.8 Å². The Kier molecular flexibility index (Phi) is 10.6. The molecule has 0 heterocycles. The summed E-state index contributed by atoms with van der Waals surface area (Å²) in [4.78, 5) is 27.4. The number of halogens is 3. The molecule has 0 radical (unpaired) electrons. The molecule has 0 spiro atoms. The molecule has 0 aliphatic rings. The molecule has 4 nitrogen and oxygen atoms in total. The van der Waals surface area contributed by atoms with E-state index >= 15 is 0 Å². The van der Waals surface area contributed by atoms with Crippen LogP contribution in [0.25, 0.3) is 0 Å². The van der Waals surface area contributed by atoms with Crippen molar-refractivity contribution in [2.45, 2.75) is 45.0 Å². The maximum absolute atomic E-state index is 13.9. The van der Waals surface area contributed by atoms with Crippen molar-refractivity contribution in [2.75, 3.05) is 12.3 Å². The van der Waals surface area contributed by atoms with Gasteiger partial charge < -0.3 is 10.2 Å². The van der Waals surface area contributed by atoms with Crippen molar-refractivity contribution >= 4 is 46.8 Å². The summed E-state index contributed by atoms with van der Waals surface area (Å²) in [6.07, 6.45) is 1.24. The Labute approximate surface area is 197 Å². The molecular formula is C23H27Cl2FN2O2S. The van der Waals surface area contributed by atoms with Crippen molar-refractivity contribution in [3.05, 3.63) is 69.5 Å². The van der Waals surface area contributed by atoms with E-state index in [1.165, 1.54) is 22.7 Å². The lowest BCUT2D eigenvalue weighted by Gasteiger charge is -2.31. The lowest BCUT2D eigenvalue weighted by Crippen LogP contribution is -2.49. The first-order chi connectivity index (χ1) is 14.9. The van der Waals surface area contributed by atoms with Crippen LogP contribution in [0.5, 0.6) is 0 Å². The molecule has 1 unspecified atom stereocenters. The van der Waals surface area contributed by atoms with Crippen molar-refractivity contribution in [2.24, 2.45) is 0 Å². The van der Waals surface area contributed by atoms with E-state index < -0.39 is 6.04 Å². The van der Waals surface area contributed by atoms with Gasteiger partial charge in [-0.1, -0.05) is 61.3 Å². The lowest BCUT2D eigenvalue weighted by atomic mass is 10.1. The van der Waals surface area contributed by atoms with Gasteiger partial charge in [-0.05, 0) is 36.6 Å². The minimum atomic E-state index is -0.652. The zero-order valence-electron chi connectivity index (χ0n) is 17.7. The standard InChI is InChI=1S/C23H27Cl2FN2O2S/c1-3-12-27-23(30)21(4-2)28(13-17-18(24)9-7-10-19(17)25)22(29)15-31-14-16-8-5-6-11-20(16)26/h5-11,21H,3-4,12-15H2,1-2H3,(H,27,30). The summed E-state index contributed by atoms with van der Waals surface area (Å²) in [5.41, 5.74) is 1.13. The molecule has 0 aromatic heterocycles. The SMILES string of the molecule is CCCNC(=O)C(CC)N(Cc1c(Cl)cccc1Cl)C(=O)CSCc1ccccc1F. The molecule has 168 valence electrons. The van der Waals surface area contributed by atoms with Gasteiger partial charge >= 0.3 is 0 Å². The van der Waals surface area contributed by atoms with Crippen LogP contribution in [0.1, 0.15) is 37.8 Å². The van der Waals surface area contributed by atoms with E-state index in [1.54, 1.807) is 36.4 Å². The van der Waals surface area contributed by atoms with Crippen LogP contribution in [0.15, 0.2) is 42.5 Å². The van der Waals surface area contributed by atoms with E-state index in [0.29, 0.717) is 39.9 Å². The third-order valence-electron chi connectivity index (χ3n) is 4.77. The second-order valence-corrected chi connectivity index (χ2v) is 8.82. The van der Waals surface area contributed by atoms with Gasteiger partial charge in [0.25, 0.3) is 0 Å². The van der Waals surface area contributed by atoms with E-state index in [0.717, 1.165) is 6.42 Å². The van der Waals surface area contributed by atoms with Gasteiger partial charge in [0, 0.05) is 34.5 Å². The zero-order valence-corrected chi connectivity index (χ0v) is 20.0. The van der Waals surface area contributed by atoms with Crippen molar-refractivity contribution < 1.29 is 14.0 Å². The maximum Gasteiger partial charge on any atom is 0.242 e. The summed E-state index contributed by atoms with van der Waals surface area (Å²) in [5, 5.41) is 3.74. The smallest absolute Gasteiger partial charge is 0.242 e. The van der Waals surface area contributed by atoms with Crippen molar-refractivity contribution in [1.82, 2.24) is 10.2 Å². The van der Waals surface area contributed by atoms with Crippen molar-refractivity contribution in [1.29, 1.82) is 0 Å². The molecule has 2 aromatic carbocycles. The topological polar surface area (TPSA) is 49.4 Å². The molecule has 31 heavy (non-hydrogen) atoms. The Balaban J connectivity index is 2.19. The maximum atomic E-state index is 13.9. The van der Waals surface area contributed by atoms with Gasteiger partial charge in [0.1, 0.15) is 11.9 Å². The Hall–Kier alpha value is -1.76. The second kappa shape index (κ2) is 12.9. The molecule has 0 aliphatic heterocycles. The fourth-order valence-corrected chi connectivity index (χ4v) is 4.50. The number of rotatable bonds is 11. The molecule has 0 bridgehead atoms. The Morgan fingerprint density at radius 3 is 2.39 bits per heavy atom. The van der Waals surface area contributed by atoms with Crippen LogP contribution in [-0.4, -0.2) is 35.1 Å². The van der Waals surface area contributed by atoms with E-state index in [2.05, 4.69) is 5.32 Å². The summed E-state index contributed by atoms with van der Waals surface area (Å²) >= 11 is 13.9. The Morgan fingerprint density at radius 1 is 1.10 bits per heavy atom. The first-order valence-corrected chi connectivity index (χ1v) is 12.1. The molecule has 1 atom stereocenters. The van der Waals surface area contributed by atoms with Gasteiger partial charge in [0.05, 0.1) is 5.75 Å². The molecule has 1 N–H and O–H groups in total. The highest BCUT2D eigenvalue weighted by atomic mass is 35.5. The van der Waals surface area contributed by atoms with Crippen LogP contribution < -0.4 is 5.32 Å². The van der Waals surface area contributed by atoms with Crippen LogP contribution in [0.3, 0.4) is 0 Å². The number of carbonyl (C=O) groups is 2. The van der Waals surface area contributed by atoms with Gasteiger partial charge in [-0.2, -0.15) is 0 Å². The molecule has 2 rings (SSSR count).